The molecule has 2 atom stereocenters. The normalized spacial score (nSPS) is 28.2. The fraction of sp³-hybridized carbons (Fsp3) is 0.650. The van der Waals surface area contributed by atoms with Crippen molar-refractivity contribution >= 4 is 6.03 Å². The Morgan fingerprint density at radius 1 is 1.00 bits per heavy atom. The second-order valence-electron chi connectivity index (χ2n) is 8.00. The smallest absolute Gasteiger partial charge is 0.320 e. The minimum absolute atomic E-state index is 0.282. The molecule has 0 radical (unpaired) electrons. The SMILES string of the molecule is CN1CCN(C(=O)N2C[C@H]3CC[C@@H]2CN(Cc2ccccc2)C3)CC1. The number of benzene rings is 1. The summed E-state index contributed by atoms with van der Waals surface area (Å²) < 4.78 is 0. The molecule has 1 aromatic rings. The Morgan fingerprint density at radius 3 is 2.52 bits per heavy atom. The number of likely N-dealkylation sites (N-methyl/N-ethyl adjacent to an activating group) is 1. The van der Waals surface area contributed by atoms with Gasteiger partial charge in [0.1, 0.15) is 0 Å². The summed E-state index contributed by atoms with van der Waals surface area (Å²) in [7, 11) is 2.14. The Labute approximate surface area is 151 Å². The lowest BCUT2D eigenvalue weighted by molar-refractivity contribution is 0.0895. The minimum Gasteiger partial charge on any atom is -0.322 e. The van der Waals surface area contributed by atoms with Crippen molar-refractivity contribution in [1.29, 1.82) is 0 Å². The molecule has 136 valence electrons. The van der Waals surface area contributed by atoms with Crippen LogP contribution in [0.25, 0.3) is 0 Å². The Morgan fingerprint density at radius 2 is 1.76 bits per heavy atom. The number of amides is 2. The highest BCUT2D eigenvalue weighted by atomic mass is 16.2. The second kappa shape index (κ2) is 7.34. The summed E-state index contributed by atoms with van der Waals surface area (Å²) in [6, 6.07) is 11.4. The van der Waals surface area contributed by atoms with Crippen LogP contribution in [0.2, 0.25) is 0 Å². The van der Waals surface area contributed by atoms with Gasteiger partial charge in [-0.05, 0) is 31.4 Å². The molecule has 4 fully saturated rings. The number of fused-ring (bicyclic) bond motifs is 4. The zero-order chi connectivity index (χ0) is 17.2. The van der Waals surface area contributed by atoms with Gasteiger partial charge in [0.15, 0.2) is 0 Å². The van der Waals surface area contributed by atoms with Gasteiger partial charge in [0.25, 0.3) is 0 Å². The lowest BCUT2D eigenvalue weighted by atomic mass is 9.95. The third kappa shape index (κ3) is 3.82. The second-order valence-corrected chi connectivity index (χ2v) is 8.00. The summed E-state index contributed by atoms with van der Waals surface area (Å²) >= 11 is 0. The molecule has 5 rings (SSSR count). The van der Waals surface area contributed by atoms with E-state index in [0.29, 0.717) is 12.0 Å². The monoisotopic (exact) mass is 342 g/mol. The van der Waals surface area contributed by atoms with E-state index in [0.717, 1.165) is 58.8 Å². The van der Waals surface area contributed by atoms with Crippen molar-refractivity contribution in [1.82, 2.24) is 19.6 Å². The number of urea groups is 1. The van der Waals surface area contributed by atoms with Crippen LogP contribution in [0.3, 0.4) is 0 Å². The molecule has 4 heterocycles. The number of hydrogen-bond donors (Lipinski definition) is 0. The molecule has 0 N–H and O–H groups in total. The topological polar surface area (TPSA) is 30.0 Å². The van der Waals surface area contributed by atoms with Crippen LogP contribution in [-0.2, 0) is 6.54 Å². The number of piperazine rings is 1. The first-order chi connectivity index (χ1) is 12.2. The molecule has 2 bridgehead atoms. The van der Waals surface area contributed by atoms with E-state index >= 15 is 0 Å². The van der Waals surface area contributed by atoms with Gasteiger partial charge in [0, 0.05) is 58.4 Å². The van der Waals surface area contributed by atoms with Crippen molar-refractivity contribution in [3.05, 3.63) is 35.9 Å². The molecule has 2 amide bonds. The predicted molar refractivity (Wildman–Crippen MR) is 99.4 cm³/mol. The fourth-order valence-corrected chi connectivity index (χ4v) is 4.56. The van der Waals surface area contributed by atoms with E-state index in [1.165, 1.54) is 12.0 Å². The molecule has 5 heteroatoms. The maximum Gasteiger partial charge on any atom is 0.320 e. The van der Waals surface area contributed by atoms with Gasteiger partial charge in [-0.15, -0.1) is 0 Å². The molecular weight excluding hydrogens is 312 g/mol. The molecule has 0 aliphatic carbocycles. The maximum absolute atomic E-state index is 13.1. The van der Waals surface area contributed by atoms with Gasteiger partial charge in [0.2, 0.25) is 0 Å². The largest absolute Gasteiger partial charge is 0.322 e. The van der Waals surface area contributed by atoms with Crippen LogP contribution in [0, 0.1) is 5.92 Å². The summed E-state index contributed by atoms with van der Waals surface area (Å²) in [6.07, 6.45) is 2.43. The summed E-state index contributed by atoms with van der Waals surface area (Å²) in [5.74, 6) is 0.624. The molecule has 0 unspecified atom stereocenters. The fourth-order valence-electron chi connectivity index (χ4n) is 4.56. The number of rotatable bonds is 2. The van der Waals surface area contributed by atoms with Crippen LogP contribution < -0.4 is 0 Å². The number of piperidine rings is 1. The number of hydrogen-bond acceptors (Lipinski definition) is 3. The molecule has 5 nitrogen and oxygen atoms in total. The van der Waals surface area contributed by atoms with E-state index in [9.17, 15) is 4.79 Å². The number of carbonyl (C=O) groups excluding carboxylic acids is 1. The lowest BCUT2D eigenvalue weighted by Crippen LogP contribution is -2.56. The third-order valence-corrected chi connectivity index (χ3v) is 6.06. The van der Waals surface area contributed by atoms with Crippen molar-refractivity contribution in [3.63, 3.8) is 0 Å². The molecule has 0 spiro atoms. The van der Waals surface area contributed by atoms with Crippen LogP contribution in [0.15, 0.2) is 30.3 Å². The highest BCUT2D eigenvalue weighted by Crippen LogP contribution is 2.29. The molecule has 4 saturated heterocycles. The minimum atomic E-state index is 0.282. The molecule has 4 aliphatic heterocycles. The molecule has 4 aliphatic rings. The predicted octanol–water partition coefficient (Wildman–Crippen LogP) is 1.95. The molecule has 0 saturated carbocycles. The van der Waals surface area contributed by atoms with Gasteiger partial charge in [-0.25, -0.2) is 4.79 Å². The van der Waals surface area contributed by atoms with Gasteiger partial charge in [-0.1, -0.05) is 30.3 Å². The molecule has 25 heavy (non-hydrogen) atoms. The van der Waals surface area contributed by atoms with E-state index < -0.39 is 0 Å². The highest BCUT2D eigenvalue weighted by Gasteiger charge is 2.38. The van der Waals surface area contributed by atoms with Crippen LogP contribution in [0.1, 0.15) is 18.4 Å². The van der Waals surface area contributed by atoms with Crippen molar-refractivity contribution in [2.75, 3.05) is 52.9 Å². The van der Waals surface area contributed by atoms with E-state index in [2.05, 4.69) is 57.0 Å². The number of nitrogens with zero attached hydrogens (tertiary/aromatic N) is 4. The Hall–Kier alpha value is -1.59. The van der Waals surface area contributed by atoms with Gasteiger partial charge in [-0.2, -0.15) is 0 Å². The average Bonchev–Trinajstić information content (AvgIpc) is 2.93. The van der Waals surface area contributed by atoms with Crippen molar-refractivity contribution in [2.45, 2.75) is 25.4 Å². The van der Waals surface area contributed by atoms with E-state index in [1.807, 2.05) is 0 Å². The summed E-state index contributed by atoms with van der Waals surface area (Å²) in [5, 5.41) is 0. The first-order valence-corrected chi connectivity index (χ1v) is 9.69. The van der Waals surface area contributed by atoms with Crippen molar-refractivity contribution in [2.24, 2.45) is 5.92 Å². The van der Waals surface area contributed by atoms with Crippen molar-refractivity contribution in [3.8, 4) is 0 Å². The number of carbonyl (C=O) groups is 1. The molecular formula is C20H30N4O. The van der Waals surface area contributed by atoms with Gasteiger partial charge in [0.05, 0.1) is 0 Å². The van der Waals surface area contributed by atoms with Crippen LogP contribution in [0.4, 0.5) is 4.79 Å². The Bertz CT molecular complexity index is 585. The average molecular weight is 342 g/mol. The van der Waals surface area contributed by atoms with E-state index in [1.54, 1.807) is 0 Å². The van der Waals surface area contributed by atoms with Crippen LogP contribution in [-0.4, -0.2) is 84.5 Å². The first kappa shape index (κ1) is 16.9. The summed E-state index contributed by atoms with van der Waals surface area (Å²) in [5.41, 5.74) is 1.38. The zero-order valence-corrected chi connectivity index (χ0v) is 15.3. The van der Waals surface area contributed by atoms with Crippen LogP contribution in [0.5, 0.6) is 0 Å². The standard InChI is InChI=1S/C20H30N4O/c1-21-9-11-23(12-10-21)20(25)24-15-18-7-8-19(24)16-22(14-18)13-17-5-3-2-4-6-17/h2-6,18-19H,7-16H2,1H3/t18-,19+/m0/s1. The van der Waals surface area contributed by atoms with Gasteiger partial charge in [-0.3, -0.25) is 4.90 Å². The van der Waals surface area contributed by atoms with E-state index in [-0.39, 0.29) is 6.03 Å². The molecule has 0 aromatic heterocycles. The Balaban J connectivity index is 1.41. The maximum atomic E-state index is 13.1. The molecule has 1 aromatic carbocycles. The summed E-state index contributed by atoms with van der Waals surface area (Å²) in [6.45, 7) is 7.82. The van der Waals surface area contributed by atoms with Crippen molar-refractivity contribution < 1.29 is 4.79 Å². The Kier molecular flexibility index (Phi) is 4.95. The van der Waals surface area contributed by atoms with Gasteiger partial charge < -0.3 is 14.7 Å². The lowest BCUT2D eigenvalue weighted by Gasteiger charge is -2.41. The van der Waals surface area contributed by atoms with Crippen LogP contribution >= 0.6 is 0 Å². The summed E-state index contributed by atoms with van der Waals surface area (Å²) in [4.78, 5) is 22.2. The quantitative estimate of drug-likeness (QED) is 0.823. The highest BCUT2D eigenvalue weighted by molar-refractivity contribution is 5.75. The first-order valence-electron chi connectivity index (χ1n) is 9.69. The van der Waals surface area contributed by atoms with Gasteiger partial charge >= 0.3 is 6.03 Å². The third-order valence-electron chi connectivity index (χ3n) is 6.06. The van der Waals surface area contributed by atoms with E-state index in [4.69, 9.17) is 0 Å². The zero-order valence-electron chi connectivity index (χ0n) is 15.3.